The van der Waals surface area contributed by atoms with Gasteiger partial charge in [-0.1, -0.05) is 29.8 Å². The highest BCUT2D eigenvalue weighted by molar-refractivity contribution is 9.10. The summed E-state index contributed by atoms with van der Waals surface area (Å²) in [6.45, 7) is 4.57. The van der Waals surface area contributed by atoms with Crippen LogP contribution in [-0.4, -0.2) is 4.98 Å². The standard InChI is InChI=1S/C16H19BrN2S2/c1-16(2)7-12(18)15-13(8-16)19-14(21-15)9-20-11-5-3-10(17)4-6-11/h3-6,12H,7-9,18H2,1-2H3. The third kappa shape index (κ3) is 3.70. The van der Waals surface area contributed by atoms with Crippen LogP contribution < -0.4 is 5.73 Å². The molecule has 0 bridgehead atoms. The van der Waals surface area contributed by atoms with E-state index in [9.17, 15) is 0 Å². The minimum atomic E-state index is 0.160. The second-order valence-electron chi connectivity index (χ2n) is 6.31. The summed E-state index contributed by atoms with van der Waals surface area (Å²) < 4.78 is 1.12. The number of nitrogens with zero attached hydrogens (tertiary/aromatic N) is 1. The Morgan fingerprint density at radius 3 is 2.81 bits per heavy atom. The Labute approximate surface area is 142 Å². The number of hydrogen-bond acceptors (Lipinski definition) is 4. The molecule has 112 valence electrons. The summed E-state index contributed by atoms with van der Waals surface area (Å²) in [4.78, 5) is 7.42. The van der Waals surface area contributed by atoms with Crippen LogP contribution in [0.25, 0.3) is 0 Å². The van der Waals surface area contributed by atoms with E-state index in [0.717, 1.165) is 23.1 Å². The summed E-state index contributed by atoms with van der Waals surface area (Å²) in [6.07, 6.45) is 2.11. The minimum Gasteiger partial charge on any atom is -0.323 e. The number of rotatable bonds is 3. The first kappa shape index (κ1) is 15.5. The maximum atomic E-state index is 6.32. The van der Waals surface area contributed by atoms with Crippen LogP contribution in [0.5, 0.6) is 0 Å². The first-order chi connectivity index (χ1) is 9.93. The summed E-state index contributed by atoms with van der Waals surface area (Å²) in [5.74, 6) is 0.923. The van der Waals surface area contributed by atoms with Gasteiger partial charge in [0, 0.05) is 20.3 Å². The van der Waals surface area contributed by atoms with Gasteiger partial charge in [0.15, 0.2) is 0 Å². The van der Waals surface area contributed by atoms with Crippen molar-refractivity contribution in [3.8, 4) is 0 Å². The molecule has 21 heavy (non-hydrogen) atoms. The van der Waals surface area contributed by atoms with Gasteiger partial charge in [0.25, 0.3) is 0 Å². The Morgan fingerprint density at radius 2 is 2.10 bits per heavy atom. The minimum absolute atomic E-state index is 0.160. The van der Waals surface area contributed by atoms with Crippen LogP contribution in [0.4, 0.5) is 0 Å². The van der Waals surface area contributed by atoms with Gasteiger partial charge in [-0.15, -0.1) is 23.1 Å². The number of hydrogen-bond donors (Lipinski definition) is 1. The topological polar surface area (TPSA) is 38.9 Å². The quantitative estimate of drug-likeness (QED) is 0.743. The van der Waals surface area contributed by atoms with Crippen molar-refractivity contribution in [3.05, 3.63) is 44.3 Å². The van der Waals surface area contributed by atoms with Crippen molar-refractivity contribution in [2.75, 3.05) is 0 Å². The summed E-state index contributed by atoms with van der Waals surface area (Å²) >= 11 is 7.10. The largest absolute Gasteiger partial charge is 0.323 e. The maximum absolute atomic E-state index is 6.32. The fraction of sp³-hybridized carbons (Fsp3) is 0.438. The molecule has 1 aliphatic rings. The lowest BCUT2D eigenvalue weighted by atomic mass is 9.77. The summed E-state index contributed by atoms with van der Waals surface area (Å²) in [7, 11) is 0. The van der Waals surface area contributed by atoms with Crippen molar-refractivity contribution in [3.63, 3.8) is 0 Å². The highest BCUT2D eigenvalue weighted by atomic mass is 79.9. The van der Waals surface area contributed by atoms with Crippen LogP contribution in [0.2, 0.25) is 0 Å². The normalized spacial score (nSPS) is 20.3. The van der Waals surface area contributed by atoms with Crippen molar-refractivity contribution in [2.24, 2.45) is 11.1 Å². The van der Waals surface area contributed by atoms with Gasteiger partial charge >= 0.3 is 0 Å². The maximum Gasteiger partial charge on any atom is 0.103 e. The predicted octanol–water partition coefficient (Wildman–Crippen LogP) is 5.17. The molecular weight excluding hydrogens is 364 g/mol. The zero-order valence-corrected chi connectivity index (χ0v) is 15.4. The summed E-state index contributed by atoms with van der Waals surface area (Å²) in [5, 5.41) is 1.20. The Morgan fingerprint density at radius 1 is 1.38 bits per heavy atom. The fourth-order valence-electron chi connectivity index (χ4n) is 2.78. The highest BCUT2D eigenvalue weighted by Crippen LogP contribution is 2.42. The molecule has 2 aromatic rings. The van der Waals surface area contributed by atoms with Crippen LogP contribution >= 0.6 is 39.0 Å². The smallest absolute Gasteiger partial charge is 0.103 e. The van der Waals surface area contributed by atoms with Crippen LogP contribution in [0.3, 0.4) is 0 Å². The summed E-state index contributed by atoms with van der Waals surface area (Å²) in [5.41, 5.74) is 7.82. The van der Waals surface area contributed by atoms with E-state index in [1.807, 2.05) is 11.8 Å². The zero-order chi connectivity index (χ0) is 15.0. The van der Waals surface area contributed by atoms with E-state index in [1.54, 1.807) is 11.3 Å². The zero-order valence-electron chi connectivity index (χ0n) is 12.2. The Bertz CT molecular complexity index is 634. The molecule has 1 atom stereocenters. The molecule has 1 aromatic carbocycles. The number of nitrogens with two attached hydrogens (primary N) is 1. The second kappa shape index (κ2) is 6.03. The SMILES string of the molecule is CC1(C)Cc2nc(CSc3ccc(Br)cc3)sc2C(N)C1. The lowest BCUT2D eigenvalue weighted by Crippen LogP contribution is -2.28. The second-order valence-corrected chi connectivity index (χ2v) is 9.39. The Kier molecular flexibility index (Phi) is 4.46. The number of halogens is 1. The molecule has 0 amide bonds. The molecule has 0 saturated carbocycles. The molecular formula is C16H19BrN2S2. The van der Waals surface area contributed by atoms with Crippen molar-refractivity contribution in [2.45, 2.75) is 43.4 Å². The summed E-state index contributed by atoms with van der Waals surface area (Å²) in [6, 6.07) is 8.59. The van der Waals surface area contributed by atoms with Gasteiger partial charge in [-0.3, -0.25) is 0 Å². The van der Waals surface area contributed by atoms with Gasteiger partial charge in [-0.2, -0.15) is 0 Å². The predicted molar refractivity (Wildman–Crippen MR) is 94.8 cm³/mol. The molecule has 2 N–H and O–H groups in total. The Balaban J connectivity index is 1.72. The fourth-order valence-corrected chi connectivity index (χ4v) is 5.02. The molecule has 0 aliphatic heterocycles. The average molecular weight is 383 g/mol. The van der Waals surface area contributed by atoms with Crippen molar-refractivity contribution in [1.82, 2.24) is 4.98 Å². The van der Waals surface area contributed by atoms with Crippen LogP contribution in [0, 0.1) is 5.41 Å². The molecule has 5 heteroatoms. The number of fused-ring (bicyclic) bond motifs is 1. The van der Waals surface area contributed by atoms with Crippen molar-refractivity contribution < 1.29 is 0 Å². The third-order valence-electron chi connectivity index (χ3n) is 3.70. The molecule has 1 aromatic heterocycles. The number of thiazole rings is 1. The van der Waals surface area contributed by atoms with Gasteiger partial charge in [-0.05, 0) is 42.5 Å². The van der Waals surface area contributed by atoms with Crippen LogP contribution in [0.1, 0.15) is 41.9 Å². The van der Waals surface area contributed by atoms with Gasteiger partial charge < -0.3 is 5.73 Å². The van der Waals surface area contributed by atoms with Crippen molar-refractivity contribution in [1.29, 1.82) is 0 Å². The highest BCUT2D eigenvalue weighted by Gasteiger charge is 2.33. The van der Waals surface area contributed by atoms with Crippen LogP contribution in [-0.2, 0) is 12.2 Å². The van der Waals surface area contributed by atoms with E-state index in [2.05, 4.69) is 54.0 Å². The molecule has 0 spiro atoms. The molecule has 2 nitrogen and oxygen atoms in total. The lowest BCUT2D eigenvalue weighted by Gasteiger charge is -2.32. The monoisotopic (exact) mass is 382 g/mol. The third-order valence-corrected chi connectivity index (χ3v) is 6.67. The van der Waals surface area contributed by atoms with E-state index in [1.165, 1.54) is 20.5 Å². The molecule has 1 heterocycles. The molecule has 3 rings (SSSR count). The van der Waals surface area contributed by atoms with E-state index >= 15 is 0 Å². The lowest BCUT2D eigenvalue weighted by molar-refractivity contribution is 0.282. The number of benzene rings is 1. The number of aromatic nitrogens is 1. The molecule has 0 saturated heterocycles. The first-order valence-corrected chi connectivity index (χ1v) is 9.65. The van der Waals surface area contributed by atoms with Gasteiger partial charge in [0.05, 0.1) is 11.4 Å². The van der Waals surface area contributed by atoms with Gasteiger partial charge in [0.2, 0.25) is 0 Å². The first-order valence-electron chi connectivity index (χ1n) is 7.05. The molecule has 0 fully saturated rings. The average Bonchev–Trinajstić information content (AvgIpc) is 2.80. The van der Waals surface area contributed by atoms with E-state index in [4.69, 9.17) is 10.7 Å². The van der Waals surface area contributed by atoms with Crippen molar-refractivity contribution >= 4 is 39.0 Å². The van der Waals surface area contributed by atoms with Gasteiger partial charge in [0.1, 0.15) is 5.01 Å². The van der Waals surface area contributed by atoms with E-state index in [0.29, 0.717) is 0 Å². The van der Waals surface area contributed by atoms with Crippen LogP contribution in [0.15, 0.2) is 33.6 Å². The molecule has 0 radical (unpaired) electrons. The molecule has 1 aliphatic carbocycles. The molecule has 1 unspecified atom stereocenters. The van der Waals surface area contributed by atoms with E-state index in [-0.39, 0.29) is 11.5 Å². The van der Waals surface area contributed by atoms with Gasteiger partial charge in [-0.25, -0.2) is 4.98 Å². The Hall–Kier alpha value is -0.360. The van der Waals surface area contributed by atoms with E-state index < -0.39 is 0 Å². The number of thioether (sulfide) groups is 1.